The summed E-state index contributed by atoms with van der Waals surface area (Å²) in [5.74, 6) is 0. The maximum atomic E-state index is 12.8. The first-order valence-electron chi connectivity index (χ1n) is 8.56. The van der Waals surface area contributed by atoms with E-state index in [1.165, 1.54) is 24.3 Å². The van der Waals surface area contributed by atoms with Crippen LogP contribution in [0, 0.1) is 0 Å². The summed E-state index contributed by atoms with van der Waals surface area (Å²) in [4.78, 5) is -0.126. The minimum atomic E-state index is -4.56. The second-order valence-electron chi connectivity index (χ2n) is 5.72. The lowest BCUT2D eigenvalue weighted by atomic mass is 10.2. The number of nitrogens with zero attached hydrogens (tertiary/aromatic N) is 2. The molecule has 0 aliphatic carbocycles. The Hall–Kier alpha value is -2.39. The molecule has 0 saturated heterocycles. The lowest BCUT2D eigenvalue weighted by molar-refractivity contribution is -0.141. The van der Waals surface area contributed by atoms with Gasteiger partial charge in [-0.3, -0.25) is 0 Å². The highest BCUT2D eigenvalue weighted by molar-refractivity contribution is 7.89. The first-order valence-corrected chi connectivity index (χ1v) is 10.1. The van der Waals surface area contributed by atoms with Crippen molar-refractivity contribution < 1.29 is 21.6 Å². The van der Waals surface area contributed by atoms with Crippen LogP contribution in [0.5, 0.6) is 0 Å². The van der Waals surface area contributed by atoms with Gasteiger partial charge in [-0.15, -0.1) is 0 Å². The molecule has 0 unspecified atom stereocenters. The number of aromatic nitrogens is 2. The van der Waals surface area contributed by atoms with Crippen molar-refractivity contribution in [2.24, 2.45) is 5.14 Å². The fourth-order valence-corrected chi connectivity index (χ4v) is 2.69. The molecule has 0 radical (unpaired) electrons. The van der Waals surface area contributed by atoms with Crippen LogP contribution in [0.3, 0.4) is 0 Å². The van der Waals surface area contributed by atoms with Gasteiger partial charge < -0.3 is 0 Å². The van der Waals surface area contributed by atoms with Crippen molar-refractivity contribution in [1.29, 1.82) is 0 Å². The van der Waals surface area contributed by atoms with Crippen molar-refractivity contribution in [1.82, 2.24) is 9.78 Å². The highest BCUT2D eigenvalue weighted by Gasteiger charge is 2.34. The third-order valence-corrected chi connectivity index (χ3v) is 4.45. The highest BCUT2D eigenvalue weighted by Crippen LogP contribution is 2.30. The maximum Gasteiger partial charge on any atom is 0.435 e. The van der Waals surface area contributed by atoms with Crippen molar-refractivity contribution in [2.75, 3.05) is 0 Å². The fourth-order valence-electron chi connectivity index (χ4n) is 2.18. The zero-order chi connectivity index (χ0) is 21.4. The third-order valence-electron chi connectivity index (χ3n) is 3.52. The minimum Gasteiger partial charge on any atom is -0.237 e. The average Bonchev–Trinajstić information content (AvgIpc) is 3.05. The van der Waals surface area contributed by atoms with Crippen LogP contribution in [0.25, 0.3) is 5.69 Å². The van der Waals surface area contributed by atoms with E-state index in [9.17, 15) is 21.6 Å². The van der Waals surface area contributed by atoms with E-state index >= 15 is 0 Å². The molecule has 0 spiro atoms. The van der Waals surface area contributed by atoms with Gasteiger partial charge in [-0.1, -0.05) is 31.2 Å². The largest absolute Gasteiger partial charge is 0.435 e. The summed E-state index contributed by atoms with van der Waals surface area (Å²) in [6.45, 7) is 5.91. The molecular weight excluding hydrogens is 391 g/mol. The minimum absolute atomic E-state index is 0.126. The molecule has 154 valence electrons. The number of hydrogen-bond donors (Lipinski definition) is 1. The maximum absolute atomic E-state index is 12.8. The standard InChI is InChI=1S/C14H14F3N3O2S.C5H10/c1-2-3-4-11-9-13(14(15,16)17)19-20(11)10-5-7-12(8-6-10)23(18,21)22;1-3-5-4-2/h2-3,5-9H,4H2,1H3,(H2,18,21,22);3,5H,4H2,1-2H3/b3-2-;5-3+. The number of primary sulfonamides is 1. The molecule has 5 nitrogen and oxygen atoms in total. The molecule has 0 fully saturated rings. The first-order chi connectivity index (χ1) is 13.0. The van der Waals surface area contributed by atoms with Gasteiger partial charge in [0.2, 0.25) is 10.0 Å². The lowest BCUT2D eigenvalue weighted by Gasteiger charge is -2.07. The van der Waals surface area contributed by atoms with Gasteiger partial charge >= 0.3 is 6.18 Å². The van der Waals surface area contributed by atoms with Gasteiger partial charge in [0, 0.05) is 12.1 Å². The molecule has 9 heteroatoms. The summed E-state index contributed by atoms with van der Waals surface area (Å²) in [6, 6.07) is 6.11. The molecular formula is C19H24F3N3O2S. The van der Waals surface area contributed by atoms with E-state index in [2.05, 4.69) is 24.2 Å². The summed E-state index contributed by atoms with van der Waals surface area (Å²) < 4.78 is 62.1. The molecule has 2 rings (SSSR count). The molecule has 0 bridgehead atoms. The zero-order valence-corrected chi connectivity index (χ0v) is 16.8. The summed E-state index contributed by atoms with van der Waals surface area (Å²) in [7, 11) is -3.86. The smallest absolute Gasteiger partial charge is 0.237 e. The zero-order valence-electron chi connectivity index (χ0n) is 15.9. The van der Waals surface area contributed by atoms with Crippen LogP contribution in [-0.4, -0.2) is 18.2 Å². The Bertz CT molecular complexity index is 913. The summed E-state index contributed by atoms with van der Waals surface area (Å²) in [5, 5.41) is 8.57. The molecule has 0 aliphatic heterocycles. The molecule has 28 heavy (non-hydrogen) atoms. The third kappa shape index (κ3) is 6.97. The molecule has 1 heterocycles. The number of halogens is 3. The summed E-state index contributed by atoms with van der Waals surface area (Å²) in [6.07, 6.45) is 4.46. The molecule has 0 atom stereocenters. The number of allylic oxidation sites excluding steroid dienone is 4. The fraction of sp³-hybridized carbons (Fsp3) is 0.316. The second-order valence-corrected chi connectivity index (χ2v) is 7.28. The average molecular weight is 415 g/mol. The lowest BCUT2D eigenvalue weighted by Crippen LogP contribution is -2.12. The Morgan fingerprint density at radius 3 is 2.07 bits per heavy atom. The Morgan fingerprint density at radius 1 is 1.11 bits per heavy atom. The topological polar surface area (TPSA) is 78.0 Å². The number of sulfonamides is 1. The van der Waals surface area contributed by atoms with Crippen molar-refractivity contribution in [2.45, 2.75) is 44.7 Å². The Labute approximate surface area is 163 Å². The highest BCUT2D eigenvalue weighted by atomic mass is 32.2. The van der Waals surface area contributed by atoms with Gasteiger partial charge in [0.25, 0.3) is 0 Å². The SMILES string of the molecule is C/C=C/CC.C/C=C\Cc1cc(C(F)(F)F)nn1-c1ccc(S(N)(=O)=O)cc1. The van der Waals surface area contributed by atoms with Crippen molar-refractivity contribution in [3.63, 3.8) is 0 Å². The number of rotatable bonds is 5. The van der Waals surface area contributed by atoms with E-state index in [-0.39, 0.29) is 11.3 Å². The van der Waals surface area contributed by atoms with E-state index in [4.69, 9.17) is 5.14 Å². The molecule has 0 saturated carbocycles. The van der Waals surface area contributed by atoms with Crippen LogP contribution in [0.4, 0.5) is 13.2 Å². The van der Waals surface area contributed by atoms with Crippen LogP contribution in [0.1, 0.15) is 38.6 Å². The van der Waals surface area contributed by atoms with Gasteiger partial charge in [-0.2, -0.15) is 18.3 Å². The normalized spacial score (nSPS) is 12.4. The summed E-state index contributed by atoms with van der Waals surface area (Å²) >= 11 is 0. The van der Waals surface area contributed by atoms with Crippen LogP contribution in [0.2, 0.25) is 0 Å². The van der Waals surface area contributed by atoms with Crippen LogP contribution < -0.4 is 5.14 Å². The van der Waals surface area contributed by atoms with E-state index < -0.39 is 21.9 Å². The van der Waals surface area contributed by atoms with Crippen molar-refractivity contribution in [3.8, 4) is 5.69 Å². The van der Waals surface area contributed by atoms with E-state index in [0.717, 1.165) is 17.2 Å². The van der Waals surface area contributed by atoms with Gasteiger partial charge in [0.15, 0.2) is 5.69 Å². The van der Waals surface area contributed by atoms with Crippen molar-refractivity contribution >= 4 is 10.0 Å². The Balaban J connectivity index is 0.000000696. The molecule has 0 aliphatic rings. The molecule has 2 aromatic rings. The Morgan fingerprint density at radius 2 is 1.68 bits per heavy atom. The van der Waals surface area contributed by atoms with E-state index in [1.807, 2.05) is 6.92 Å². The van der Waals surface area contributed by atoms with Crippen LogP contribution >= 0.6 is 0 Å². The second kappa shape index (κ2) is 10.2. The van der Waals surface area contributed by atoms with Gasteiger partial charge in [0.05, 0.1) is 10.6 Å². The quantitative estimate of drug-likeness (QED) is 0.723. The molecule has 0 amide bonds. The number of benzene rings is 1. The predicted molar refractivity (Wildman–Crippen MR) is 104 cm³/mol. The van der Waals surface area contributed by atoms with Crippen molar-refractivity contribution in [3.05, 3.63) is 66.0 Å². The predicted octanol–water partition coefficient (Wildman–Crippen LogP) is 4.63. The Kier molecular flexibility index (Phi) is 8.64. The first kappa shape index (κ1) is 23.6. The molecule has 1 aromatic carbocycles. The van der Waals surface area contributed by atoms with Gasteiger partial charge in [-0.05, 0) is 50.6 Å². The number of hydrogen-bond acceptors (Lipinski definition) is 3. The van der Waals surface area contributed by atoms with E-state index in [0.29, 0.717) is 11.4 Å². The molecule has 1 aromatic heterocycles. The van der Waals surface area contributed by atoms with Crippen LogP contribution in [0.15, 0.2) is 59.5 Å². The summed E-state index contributed by atoms with van der Waals surface area (Å²) in [5.41, 5.74) is -0.362. The van der Waals surface area contributed by atoms with E-state index in [1.54, 1.807) is 19.1 Å². The number of nitrogens with two attached hydrogens (primary N) is 1. The number of alkyl halides is 3. The van der Waals surface area contributed by atoms with Gasteiger partial charge in [0.1, 0.15) is 0 Å². The molecule has 2 N–H and O–H groups in total. The monoisotopic (exact) mass is 415 g/mol. The van der Waals surface area contributed by atoms with Gasteiger partial charge in [-0.25, -0.2) is 18.2 Å². The van der Waals surface area contributed by atoms with Crippen LogP contribution in [-0.2, 0) is 22.6 Å².